The van der Waals surface area contributed by atoms with E-state index in [4.69, 9.17) is 9.90 Å². The van der Waals surface area contributed by atoms with Gasteiger partial charge in [-0.15, -0.1) is 0 Å². The van der Waals surface area contributed by atoms with Crippen molar-refractivity contribution in [2.24, 2.45) is 0 Å². The number of β-amino-alcohol motifs (C(OH)–C–C–N with tert-alkyl or cyclic N) is 1. The highest BCUT2D eigenvalue weighted by Gasteiger charge is 2.38. The van der Waals surface area contributed by atoms with E-state index >= 15 is 0 Å². The molecule has 1 amide bonds. The number of aliphatic carboxylic acids is 1. The molecule has 32 heavy (non-hydrogen) atoms. The smallest absolute Gasteiger partial charge is 0.475 e. The van der Waals surface area contributed by atoms with Crippen molar-refractivity contribution in [3.8, 4) is 0 Å². The number of aliphatic hydroxyl groups excluding tert-OH is 1. The number of aromatic nitrogens is 3. The SMILES string of the molecule is O=C(O)C(F)(F)F.O=C(c1cc(Nc2ccc3[nH]ncc3c2)ccn1)N1CCCC(O)C1. The predicted octanol–water partition coefficient (Wildman–Crippen LogP) is 2.93. The minimum Gasteiger partial charge on any atom is -0.475 e. The van der Waals surface area contributed by atoms with E-state index in [0.29, 0.717) is 18.8 Å². The molecule has 1 aliphatic rings. The largest absolute Gasteiger partial charge is 0.490 e. The number of piperidine rings is 1. The molecule has 1 saturated heterocycles. The highest BCUT2D eigenvalue weighted by atomic mass is 19.4. The molecule has 1 aromatic carbocycles. The summed E-state index contributed by atoms with van der Waals surface area (Å²) in [6.07, 6.45) is -0.582. The molecule has 3 aromatic rings. The number of rotatable bonds is 3. The van der Waals surface area contributed by atoms with E-state index in [1.54, 1.807) is 23.4 Å². The molecule has 4 N–H and O–H groups in total. The Hall–Kier alpha value is -3.67. The Kier molecular flexibility index (Phi) is 6.93. The fourth-order valence-electron chi connectivity index (χ4n) is 3.11. The molecular weight excluding hydrogens is 431 g/mol. The molecule has 12 heteroatoms. The van der Waals surface area contributed by atoms with Crippen LogP contribution in [0.1, 0.15) is 23.3 Å². The number of carboxylic acid groups (broad SMARTS) is 1. The van der Waals surface area contributed by atoms with Gasteiger partial charge in [-0.25, -0.2) is 4.79 Å². The van der Waals surface area contributed by atoms with Gasteiger partial charge in [0.2, 0.25) is 0 Å². The molecule has 170 valence electrons. The van der Waals surface area contributed by atoms with Crippen molar-refractivity contribution < 1.29 is 33.0 Å². The lowest BCUT2D eigenvalue weighted by Crippen LogP contribution is -2.42. The van der Waals surface area contributed by atoms with Crippen LogP contribution in [0.2, 0.25) is 0 Å². The molecule has 4 rings (SSSR count). The number of anilines is 2. The number of pyridine rings is 1. The molecule has 2 aromatic heterocycles. The molecule has 1 fully saturated rings. The Morgan fingerprint density at radius 1 is 1.19 bits per heavy atom. The van der Waals surface area contributed by atoms with Gasteiger partial charge in [-0.3, -0.25) is 14.9 Å². The fourth-order valence-corrected chi connectivity index (χ4v) is 3.11. The summed E-state index contributed by atoms with van der Waals surface area (Å²) >= 11 is 0. The van der Waals surface area contributed by atoms with Crippen LogP contribution in [0.25, 0.3) is 10.9 Å². The van der Waals surface area contributed by atoms with Crippen molar-refractivity contribution in [2.45, 2.75) is 25.1 Å². The number of halogens is 3. The zero-order valence-corrected chi connectivity index (χ0v) is 16.6. The van der Waals surface area contributed by atoms with Crippen molar-refractivity contribution >= 4 is 34.2 Å². The lowest BCUT2D eigenvalue weighted by atomic mass is 10.1. The van der Waals surface area contributed by atoms with Crippen molar-refractivity contribution in [3.63, 3.8) is 0 Å². The van der Waals surface area contributed by atoms with Crippen LogP contribution >= 0.6 is 0 Å². The van der Waals surface area contributed by atoms with Crippen LogP contribution in [0.5, 0.6) is 0 Å². The van der Waals surface area contributed by atoms with E-state index in [1.807, 2.05) is 24.3 Å². The first-order valence-electron chi connectivity index (χ1n) is 9.57. The van der Waals surface area contributed by atoms with Gasteiger partial charge in [0.25, 0.3) is 5.91 Å². The minimum atomic E-state index is -5.08. The summed E-state index contributed by atoms with van der Waals surface area (Å²) in [7, 11) is 0. The summed E-state index contributed by atoms with van der Waals surface area (Å²) in [5.41, 5.74) is 3.05. The Labute approximate surface area is 179 Å². The van der Waals surface area contributed by atoms with Crippen molar-refractivity contribution in [1.82, 2.24) is 20.1 Å². The van der Waals surface area contributed by atoms with Gasteiger partial charge in [0.1, 0.15) is 5.69 Å². The van der Waals surface area contributed by atoms with E-state index in [0.717, 1.165) is 35.1 Å². The topological polar surface area (TPSA) is 131 Å². The maximum Gasteiger partial charge on any atom is 0.490 e. The molecule has 1 aliphatic heterocycles. The first kappa shape index (κ1) is 23.0. The van der Waals surface area contributed by atoms with Gasteiger partial charge in [0.15, 0.2) is 0 Å². The standard InChI is InChI=1S/C18H19N5O2.C2HF3O2/c24-15-2-1-7-23(11-15)18(25)17-9-14(5-6-19-17)21-13-3-4-16-12(8-13)10-20-22-16;3-2(4,5)1(6)7/h3-6,8-10,15,24H,1-2,7,11H2,(H,19,21)(H,20,22);(H,6,7). The maximum absolute atomic E-state index is 12.6. The number of aliphatic hydroxyl groups is 1. The number of H-pyrrole nitrogens is 1. The molecule has 1 unspecified atom stereocenters. The third-order valence-corrected chi connectivity index (χ3v) is 4.63. The number of hydrogen-bond donors (Lipinski definition) is 4. The fraction of sp³-hybridized carbons (Fsp3) is 0.300. The lowest BCUT2D eigenvalue weighted by Gasteiger charge is -2.29. The zero-order chi connectivity index (χ0) is 23.3. The van der Waals surface area contributed by atoms with Crippen LogP contribution in [0.3, 0.4) is 0 Å². The van der Waals surface area contributed by atoms with Gasteiger partial charge in [-0.2, -0.15) is 18.3 Å². The number of carboxylic acids is 1. The second-order valence-corrected chi connectivity index (χ2v) is 7.08. The summed E-state index contributed by atoms with van der Waals surface area (Å²) in [6.45, 7) is 1.03. The van der Waals surface area contributed by atoms with Gasteiger partial charge in [0, 0.05) is 36.0 Å². The minimum absolute atomic E-state index is 0.146. The molecule has 0 spiro atoms. The molecule has 1 atom stereocenters. The predicted molar refractivity (Wildman–Crippen MR) is 108 cm³/mol. The number of alkyl halides is 3. The zero-order valence-electron chi connectivity index (χ0n) is 16.6. The number of carbonyl (C=O) groups excluding carboxylic acids is 1. The summed E-state index contributed by atoms with van der Waals surface area (Å²) in [5, 5.41) is 28.1. The van der Waals surface area contributed by atoms with Crippen LogP contribution < -0.4 is 5.32 Å². The second-order valence-electron chi connectivity index (χ2n) is 7.08. The number of amides is 1. The normalized spacial score (nSPS) is 16.2. The summed E-state index contributed by atoms with van der Waals surface area (Å²) in [6, 6.07) is 9.45. The van der Waals surface area contributed by atoms with E-state index in [1.165, 1.54) is 0 Å². The van der Waals surface area contributed by atoms with Gasteiger partial charge in [-0.1, -0.05) is 0 Å². The Bertz CT molecular complexity index is 1100. The highest BCUT2D eigenvalue weighted by Crippen LogP contribution is 2.22. The average molecular weight is 451 g/mol. The molecular formula is C20H20F3N5O4. The molecule has 9 nitrogen and oxygen atoms in total. The highest BCUT2D eigenvalue weighted by molar-refractivity contribution is 5.93. The maximum atomic E-state index is 12.6. The number of likely N-dealkylation sites (tertiary alicyclic amines) is 1. The number of nitrogens with one attached hydrogen (secondary N) is 2. The summed E-state index contributed by atoms with van der Waals surface area (Å²) in [5.74, 6) is -2.90. The molecule has 0 radical (unpaired) electrons. The number of benzene rings is 1. The van der Waals surface area contributed by atoms with Gasteiger partial charge >= 0.3 is 12.1 Å². The van der Waals surface area contributed by atoms with Crippen LogP contribution in [0, 0.1) is 0 Å². The van der Waals surface area contributed by atoms with E-state index < -0.39 is 18.2 Å². The second kappa shape index (κ2) is 9.64. The Morgan fingerprint density at radius 3 is 2.59 bits per heavy atom. The van der Waals surface area contributed by atoms with Crippen molar-refractivity contribution in [3.05, 3.63) is 48.4 Å². The number of nitrogens with zero attached hydrogens (tertiary/aromatic N) is 3. The van der Waals surface area contributed by atoms with E-state index in [9.17, 15) is 23.1 Å². The number of aromatic amines is 1. The van der Waals surface area contributed by atoms with Crippen LogP contribution in [-0.2, 0) is 4.79 Å². The lowest BCUT2D eigenvalue weighted by molar-refractivity contribution is -0.192. The quantitative estimate of drug-likeness (QED) is 0.481. The molecule has 3 heterocycles. The molecule has 0 aliphatic carbocycles. The van der Waals surface area contributed by atoms with Gasteiger partial charge in [0.05, 0.1) is 17.8 Å². The first-order chi connectivity index (χ1) is 15.1. The van der Waals surface area contributed by atoms with Crippen molar-refractivity contribution in [1.29, 1.82) is 0 Å². The van der Waals surface area contributed by atoms with E-state index in [2.05, 4.69) is 20.5 Å². The third-order valence-electron chi connectivity index (χ3n) is 4.63. The monoisotopic (exact) mass is 451 g/mol. The third kappa shape index (κ3) is 5.94. The summed E-state index contributed by atoms with van der Waals surface area (Å²) < 4.78 is 31.7. The van der Waals surface area contributed by atoms with Crippen LogP contribution in [0.15, 0.2) is 42.7 Å². The van der Waals surface area contributed by atoms with Crippen LogP contribution in [0.4, 0.5) is 24.5 Å². The first-order valence-corrected chi connectivity index (χ1v) is 9.57. The van der Waals surface area contributed by atoms with Crippen molar-refractivity contribution in [2.75, 3.05) is 18.4 Å². The van der Waals surface area contributed by atoms with Gasteiger partial charge < -0.3 is 20.4 Å². The van der Waals surface area contributed by atoms with Crippen LogP contribution in [-0.4, -0.2) is 67.5 Å². The van der Waals surface area contributed by atoms with Gasteiger partial charge in [-0.05, 0) is 43.2 Å². The van der Waals surface area contributed by atoms with E-state index in [-0.39, 0.29) is 5.91 Å². The Balaban J connectivity index is 0.000000360. The average Bonchev–Trinajstić information content (AvgIpc) is 3.21. The Morgan fingerprint density at radius 2 is 1.91 bits per heavy atom. The number of fused-ring (bicyclic) bond motifs is 1. The summed E-state index contributed by atoms with van der Waals surface area (Å²) in [4.78, 5) is 27.4. The number of carbonyl (C=O) groups is 2. The molecule has 0 bridgehead atoms. The number of hydrogen-bond acceptors (Lipinski definition) is 6. The molecule has 0 saturated carbocycles.